The zero-order chi connectivity index (χ0) is 23.9. The van der Waals surface area contributed by atoms with Crippen LogP contribution in [0.3, 0.4) is 0 Å². The standard InChI is InChI=1S/C21H23F3N8O/c1-5-30-8-15(13(3)28-30)9-31-10-16(7-25-31)27-18(33)11-32-20-19(14(4)29-32)17(21(22,23)24)6-12(2)26-20/h6-8,10H,5,9,11H2,1-4H3,(H,27,33). The van der Waals surface area contributed by atoms with E-state index in [1.54, 1.807) is 10.9 Å². The number of hydrogen-bond acceptors (Lipinski definition) is 5. The number of halogens is 3. The molecule has 0 atom stereocenters. The molecule has 0 radical (unpaired) electrons. The maximum Gasteiger partial charge on any atom is 0.417 e. The number of alkyl halides is 3. The van der Waals surface area contributed by atoms with Gasteiger partial charge in [-0.05, 0) is 33.8 Å². The Morgan fingerprint density at radius 3 is 2.52 bits per heavy atom. The van der Waals surface area contributed by atoms with Crippen molar-refractivity contribution in [3.8, 4) is 0 Å². The van der Waals surface area contributed by atoms with Gasteiger partial charge < -0.3 is 5.32 Å². The molecule has 12 heteroatoms. The topological polar surface area (TPSA) is 95.5 Å². The average Bonchev–Trinajstić information content (AvgIpc) is 3.39. The SMILES string of the molecule is CCn1cc(Cn2cc(NC(=O)Cn3nc(C)c4c(C(F)(F)F)cc(C)nc43)cn2)c(C)n1. The predicted octanol–water partition coefficient (Wildman–Crippen LogP) is 3.48. The van der Waals surface area contributed by atoms with Crippen molar-refractivity contribution in [1.29, 1.82) is 0 Å². The van der Waals surface area contributed by atoms with Gasteiger partial charge in [-0.1, -0.05) is 0 Å². The van der Waals surface area contributed by atoms with Crippen LogP contribution in [0.5, 0.6) is 0 Å². The molecular formula is C21H23F3N8O. The van der Waals surface area contributed by atoms with Gasteiger partial charge in [-0.2, -0.15) is 28.5 Å². The number of carbonyl (C=O) groups is 1. The van der Waals surface area contributed by atoms with E-state index < -0.39 is 17.6 Å². The van der Waals surface area contributed by atoms with E-state index in [0.717, 1.165) is 23.9 Å². The average molecular weight is 460 g/mol. The Morgan fingerprint density at radius 2 is 1.85 bits per heavy atom. The number of anilines is 1. The third-order valence-electron chi connectivity index (χ3n) is 5.23. The number of aromatic nitrogens is 7. The van der Waals surface area contributed by atoms with E-state index in [1.807, 2.05) is 24.7 Å². The Morgan fingerprint density at radius 1 is 1.09 bits per heavy atom. The summed E-state index contributed by atoms with van der Waals surface area (Å²) >= 11 is 0. The number of fused-ring (bicyclic) bond motifs is 1. The molecule has 1 N–H and O–H groups in total. The molecule has 4 aromatic rings. The van der Waals surface area contributed by atoms with Crippen LogP contribution in [0, 0.1) is 20.8 Å². The van der Waals surface area contributed by atoms with Crippen molar-refractivity contribution in [2.24, 2.45) is 0 Å². The first-order valence-corrected chi connectivity index (χ1v) is 10.3. The van der Waals surface area contributed by atoms with Crippen LogP contribution in [0.2, 0.25) is 0 Å². The number of hydrogen-bond donors (Lipinski definition) is 1. The van der Waals surface area contributed by atoms with Crippen molar-refractivity contribution in [1.82, 2.24) is 34.3 Å². The lowest BCUT2D eigenvalue weighted by Crippen LogP contribution is -2.19. The first-order valence-electron chi connectivity index (χ1n) is 10.3. The second-order valence-electron chi connectivity index (χ2n) is 7.82. The number of aryl methyl sites for hydroxylation is 4. The van der Waals surface area contributed by atoms with Gasteiger partial charge in [0.1, 0.15) is 6.54 Å². The molecule has 0 saturated carbocycles. The molecule has 174 valence electrons. The molecule has 0 aliphatic heterocycles. The number of nitrogens with zero attached hydrogens (tertiary/aromatic N) is 7. The van der Waals surface area contributed by atoms with Gasteiger partial charge in [-0.15, -0.1) is 0 Å². The van der Waals surface area contributed by atoms with E-state index in [9.17, 15) is 18.0 Å². The highest BCUT2D eigenvalue weighted by Gasteiger charge is 2.35. The minimum atomic E-state index is -4.55. The smallest absolute Gasteiger partial charge is 0.322 e. The zero-order valence-corrected chi connectivity index (χ0v) is 18.6. The number of rotatable bonds is 6. The summed E-state index contributed by atoms with van der Waals surface area (Å²) in [6.45, 7) is 7.84. The van der Waals surface area contributed by atoms with Gasteiger partial charge in [-0.25, -0.2) is 9.67 Å². The highest BCUT2D eigenvalue weighted by atomic mass is 19.4. The lowest BCUT2D eigenvalue weighted by atomic mass is 10.1. The molecular weight excluding hydrogens is 437 g/mol. The third-order valence-corrected chi connectivity index (χ3v) is 5.23. The van der Waals surface area contributed by atoms with Crippen LogP contribution in [-0.4, -0.2) is 40.2 Å². The van der Waals surface area contributed by atoms with Gasteiger partial charge in [0.15, 0.2) is 5.65 Å². The zero-order valence-electron chi connectivity index (χ0n) is 18.6. The fourth-order valence-electron chi connectivity index (χ4n) is 3.71. The maximum absolute atomic E-state index is 13.5. The Bertz CT molecular complexity index is 1330. The summed E-state index contributed by atoms with van der Waals surface area (Å²) in [5, 5.41) is 15.4. The van der Waals surface area contributed by atoms with Crippen molar-refractivity contribution < 1.29 is 18.0 Å². The van der Waals surface area contributed by atoms with Crippen molar-refractivity contribution >= 4 is 22.6 Å². The molecule has 0 saturated heterocycles. The van der Waals surface area contributed by atoms with E-state index in [0.29, 0.717) is 12.2 Å². The molecule has 33 heavy (non-hydrogen) atoms. The molecule has 4 heterocycles. The first kappa shape index (κ1) is 22.5. The second-order valence-corrected chi connectivity index (χ2v) is 7.82. The molecule has 0 aliphatic carbocycles. The second kappa shape index (κ2) is 8.34. The molecule has 0 aliphatic rings. The minimum absolute atomic E-state index is 0.0223. The van der Waals surface area contributed by atoms with Crippen LogP contribution in [0.25, 0.3) is 11.0 Å². The molecule has 4 aromatic heterocycles. The fourth-order valence-corrected chi connectivity index (χ4v) is 3.71. The van der Waals surface area contributed by atoms with Crippen molar-refractivity contribution in [2.75, 3.05) is 5.32 Å². The normalized spacial score (nSPS) is 12.0. The summed E-state index contributed by atoms with van der Waals surface area (Å²) in [5.41, 5.74) is 1.95. The van der Waals surface area contributed by atoms with E-state index in [-0.39, 0.29) is 29.0 Å². The summed E-state index contributed by atoms with van der Waals surface area (Å²) < 4.78 is 45.2. The largest absolute Gasteiger partial charge is 0.417 e. The number of amides is 1. The molecule has 1 amide bonds. The molecule has 0 fully saturated rings. The van der Waals surface area contributed by atoms with E-state index in [1.165, 1.54) is 24.7 Å². The molecule has 4 rings (SSSR count). The van der Waals surface area contributed by atoms with Crippen LogP contribution >= 0.6 is 0 Å². The summed E-state index contributed by atoms with van der Waals surface area (Å²) in [5.74, 6) is -0.453. The van der Waals surface area contributed by atoms with Crippen LogP contribution < -0.4 is 5.32 Å². The van der Waals surface area contributed by atoms with Gasteiger partial charge >= 0.3 is 6.18 Å². The minimum Gasteiger partial charge on any atom is -0.322 e. The van der Waals surface area contributed by atoms with Gasteiger partial charge in [-0.3, -0.25) is 14.2 Å². The highest BCUT2D eigenvalue weighted by Crippen LogP contribution is 2.36. The van der Waals surface area contributed by atoms with Crippen molar-refractivity contribution in [3.63, 3.8) is 0 Å². The summed E-state index contributed by atoms with van der Waals surface area (Å²) in [4.78, 5) is 16.8. The summed E-state index contributed by atoms with van der Waals surface area (Å²) in [6.07, 6.45) is 0.587. The van der Waals surface area contributed by atoms with Crippen LogP contribution in [0.4, 0.5) is 18.9 Å². The molecule has 0 unspecified atom stereocenters. The monoisotopic (exact) mass is 460 g/mol. The molecule has 9 nitrogen and oxygen atoms in total. The Balaban J connectivity index is 1.51. The highest BCUT2D eigenvalue weighted by molar-refractivity contribution is 5.91. The Hall–Kier alpha value is -3.70. The lowest BCUT2D eigenvalue weighted by Gasteiger charge is -2.10. The fraction of sp³-hybridized carbons (Fsp3) is 0.381. The molecule has 0 aromatic carbocycles. The van der Waals surface area contributed by atoms with Gasteiger partial charge in [0.2, 0.25) is 5.91 Å². The number of carbonyl (C=O) groups excluding carboxylic acids is 1. The Kier molecular flexibility index (Phi) is 5.68. The van der Waals surface area contributed by atoms with Gasteiger partial charge in [0, 0.05) is 30.2 Å². The van der Waals surface area contributed by atoms with Crippen LogP contribution in [-0.2, 0) is 30.6 Å². The molecule has 0 spiro atoms. The van der Waals surface area contributed by atoms with Crippen molar-refractivity contribution in [3.05, 3.63) is 52.9 Å². The molecule has 0 bridgehead atoms. The summed E-state index contributed by atoms with van der Waals surface area (Å²) in [6, 6.07) is 0.988. The Labute approximate surface area is 187 Å². The lowest BCUT2D eigenvalue weighted by molar-refractivity contribution is -0.136. The third kappa shape index (κ3) is 4.59. The van der Waals surface area contributed by atoms with E-state index in [2.05, 4.69) is 25.6 Å². The van der Waals surface area contributed by atoms with Gasteiger partial charge in [0.05, 0.1) is 40.8 Å². The summed E-state index contributed by atoms with van der Waals surface area (Å²) in [7, 11) is 0. The van der Waals surface area contributed by atoms with E-state index in [4.69, 9.17) is 0 Å². The maximum atomic E-state index is 13.5. The predicted molar refractivity (Wildman–Crippen MR) is 115 cm³/mol. The van der Waals surface area contributed by atoms with Crippen molar-refractivity contribution in [2.45, 2.75) is 53.5 Å². The first-order chi connectivity index (χ1) is 15.5. The van der Waals surface area contributed by atoms with Gasteiger partial charge in [0.25, 0.3) is 0 Å². The van der Waals surface area contributed by atoms with Crippen LogP contribution in [0.1, 0.15) is 35.1 Å². The number of pyridine rings is 1. The number of nitrogens with one attached hydrogen (secondary N) is 1. The van der Waals surface area contributed by atoms with E-state index >= 15 is 0 Å². The quantitative estimate of drug-likeness (QED) is 0.475. The van der Waals surface area contributed by atoms with Crippen LogP contribution in [0.15, 0.2) is 24.7 Å².